The number of cyclic esters (lactones) is 2. The molecular formula is C44H64O14. The molecule has 324 valence electrons. The third kappa shape index (κ3) is 8.88. The summed E-state index contributed by atoms with van der Waals surface area (Å²) in [5.74, 6) is -9.67. The molecule has 0 aromatic heterocycles. The number of carboxylic acid groups (broad SMARTS) is 2. The van der Waals surface area contributed by atoms with E-state index >= 15 is 0 Å². The third-order valence-electron chi connectivity index (χ3n) is 15.3. The molecule has 0 aromatic rings. The number of hydrogen-bond donors (Lipinski definition) is 2. The van der Waals surface area contributed by atoms with Crippen LogP contribution in [0.25, 0.3) is 0 Å². The highest BCUT2D eigenvalue weighted by Crippen LogP contribution is 2.63. The first-order chi connectivity index (χ1) is 27.2. The molecule has 1 saturated heterocycles. The molecule has 4 aliphatic carbocycles. The fourth-order valence-electron chi connectivity index (χ4n) is 12.2. The van der Waals surface area contributed by atoms with Crippen LogP contribution in [0.2, 0.25) is 0 Å². The molecule has 8 bridgehead atoms. The highest BCUT2D eigenvalue weighted by atomic mass is 16.6. The number of hydrogen-bond acceptors (Lipinski definition) is 12. The summed E-state index contributed by atoms with van der Waals surface area (Å²) in [6.07, 6.45) is 2.61. The molecule has 0 aromatic carbocycles. The number of rotatable bonds is 8. The minimum absolute atomic E-state index is 0.0285. The number of esters is 4. The summed E-state index contributed by atoms with van der Waals surface area (Å²) in [5.41, 5.74) is -0.282. The van der Waals surface area contributed by atoms with Gasteiger partial charge in [0.15, 0.2) is 12.2 Å². The summed E-state index contributed by atoms with van der Waals surface area (Å²) < 4.78 is 35.2. The summed E-state index contributed by atoms with van der Waals surface area (Å²) in [6, 6.07) is 0. The van der Waals surface area contributed by atoms with E-state index in [1.54, 1.807) is 0 Å². The van der Waals surface area contributed by atoms with Gasteiger partial charge >= 0.3 is 35.8 Å². The number of ether oxygens (including phenoxy) is 6. The third-order valence-corrected chi connectivity index (χ3v) is 15.3. The van der Waals surface area contributed by atoms with Crippen molar-refractivity contribution in [3.8, 4) is 0 Å². The smallest absolute Gasteiger partial charge is 0.336 e. The molecule has 2 N–H and O–H groups in total. The van der Waals surface area contributed by atoms with Crippen molar-refractivity contribution in [2.75, 3.05) is 40.6 Å². The van der Waals surface area contributed by atoms with Gasteiger partial charge < -0.3 is 38.6 Å². The zero-order valence-corrected chi connectivity index (χ0v) is 35.1. The Balaban J connectivity index is 1.60. The molecule has 4 saturated carbocycles. The van der Waals surface area contributed by atoms with E-state index in [1.807, 2.05) is 0 Å². The Morgan fingerprint density at radius 1 is 0.672 bits per heavy atom. The van der Waals surface area contributed by atoms with E-state index in [4.69, 9.17) is 28.4 Å². The second kappa shape index (κ2) is 17.8. The summed E-state index contributed by atoms with van der Waals surface area (Å²) in [4.78, 5) is 79.1. The van der Waals surface area contributed by atoms with Gasteiger partial charge in [-0.25, -0.2) is 9.59 Å². The lowest BCUT2D eigenvalue weighted by molar-refractivity contribution is -0.189. The Bertz CT molecular complexity index is 1520. The van der Waals surface area contributed by atoms with Crippen molar-refractivity contribution in [3.63, 3.8) is 0 Å². The normalized spacial score (nSPS) is 38.5. The SMILES string of the molecule is C=C1CC[C@H]2[C@@]3(C)CCC[C@]2(C)[C@@H]1CO[C@H]([C@H](CC(=O)O)C(=O)OC)C(=O)OC[C@]1(C)CCC[C@]2(C)[C@@H](CO[C@H]([C@H](CC(=O)O)C(=O)OC)C(=O)OC3)C(=C)CC[C@@H]12. The van der Waals surface area contributed by atoms with E-state index in [2.05, 4.69) is 40.9 Å². The Kier molecular flexibility index (Phi) is 13.9. The fourth-order valence-corrected chi connectivity index (χ4v) is 12.2. The van der Waals surface area contributed by atoms with Crippen LogP contribution in [0.3, 0.4) is 0 Å². The highest BCUT2D eigenvalue weighted by Gasteiger charge is 2.58. The summed E-state index contributed by atoms with van der Waals surface area (Å²) in [6.45, 7) is 17.0. The van der Waals surface area contributed by atoms with Gasteiger partial charge in [0.1, 0.15) is 11.8 Å². The number of aliphatic carboxylic acids is 2. The van der Waals surface area contributed by atoms with Crippen LogP contribution in [0.15, 0.2) is 24.3 Å². The molecule has 5 aliphatic rings. The second-order valence-electron chi connectivity index (χ2n) is 18.8. The summed E-state index contributed by atoms with van der Waals surface area (Å²) in [5, 5.41) is 19.7. The van der Waals surface area contributed by atoms with Crippen LogP contribution < -0.4 is 0 Å². The van der Waals surface area contributed by atoms with Crippen LogP contribution in [0.4, 0.5) is 0 Å². The predicted octanol–water partition coefficient (Wildman–Crippen LogP) is 5.94. The van der Waals surface area contributed by atoms with Gasteiger partial charge in [-0.1, -0.05) is 64.8 Å². The van der Waals surface area contributed by atoms with Crippen LogP contribution in [0.5, 0.6) is 0 Å². The summed E-state index contributed by atoms with van der Waals surface area (Å²) in [7, 11) is 2.29. The van der Waals surface area contributed by atoms with Gasteiger partial charge in [-0.2, -0.15) is 0 Å². The lowest BCUT2D eigenvalue weighted by Crippen LogP contribution is -2.55. The molecule has 5 rings (SSSR count). The van der Waals surface area contributed by atoms with Crippen molar-refractivity contribution < 1.29 is 67.4 Å². The number of carbonyl (C=O) groups is 6. The van der Waals surface area contributed by atoms with E-state index in [9.17, 15) is 39.0 Å². The van der Waals surface area contributed by atoms with Crippen molar-refractivity contribution >= 4 is 35.8 Å². The van der Waals surface area contributed by atoms with Crippen molar-refractivity contribution in [2.24, 2.45) is 57.2 Å². The molecule has 5 fully saturated rings. The Morgan fingerprint density at radius 2 is 1.03 bits per heavy atom. The van der Waals surface area contributed by atoms with Gasteiger partial charge in [-0.15, -0.1) is 0 Å². The number of carbonyl (C=O) groups excluding carboxylic acids is 4. The van der Waals surface area contributed by atoms with Gasteiger partial charge in [0, 0.05) is 22.7 Å². The maximum atomic E-state index is 14.3. The van der Waals surface area contributed by atoms with Crippen LogP contribution in [0.1, 0.15) is 105 Å². The fraction of sp³-hybridized carbons (Fsp3) is 0.773. The molecule has 0 spiro atoms. The zero-order valence-electron chi connectivity index (χ0n) is 35.1. The molecule has 0 unspecified atom stereocenters. The van der Waals surface area contributed by atoms with E-state index in [0.29, 0.717) is 25.7 Å². The average Bonchev–Trinajstić information content (AvgIpc) is 3.15. The first-order valence-electron chi connectivity index (χ1n) is 20.8. The molecule has 14 nitrogen and oxygen atoms in total. The largest absolute Gasteiger partial charge is 0.481 e. The van der Waals surface area contributed by atoms with E-state index < -0.39 is 94.4 Å². The minimum Gasteiger partial charge on any atom is -0.481 e. The van der Waals surface area contributed by atoms with Crippen LogP contribution in [-0.4, -0.2) is 98.9 Å². The van der Waals surface area contributed by atoms with E-state index in [1.165, 1.54) is 0 Å². The monoisotopic (exact) mass is 816 g/mol. The first kappa shape index (κ1) is 45.3. The van der Waals surface area contributed by atoms with Gasteiger partial charge in [-0.3, -0.25) is 19.2 Å². The minimum atomic E-state index is -1.56. The Labute approximate surface area is 341 Å². The van der Waals surface area contributed by atoms with E-state index in [0.717, 1.165) is 63.9 Å². The number of carboxylic acids is 2. The Morgan fingerprint density at radius 3 is 1.36 bits per heavy atom. The van der Waals surface area contributed by atoms with Crippen LogP contribution in [0, 0.1) is 57.2 Å². The van der Waals surface area contributed by atoms with Gasteiger partial charge in [0.25, 0.3) is 0 Å². The molecule has 14 heteroatoms. The lowest BCUT2D eigenvalue weighted by atomic mass is 9.47. The zero-order chi connectivity index (χ0) is 42.8. The summed E-state index contributed by atoms with van der Waals surface area (Å²) >= 11 is 0. The molecule has 58 heavy (non-hydrogen) atoms. The predicted molar refractivity (Wildman–Crippen MR) is 208 cm³/mol. The standard InChI is InChI=1S/C44H64O14/c1-25-11-13-31-41(3)15-9-17-43(31,5)29(25)21-55-35(27(19-33(45)46)37(49)53-7)39(51)58-24-42(4)16-10-18-44(6)30(26(2)12-14-32(42)44)22-56-36(40(52)57-23-41)28(20-34(47)48)38(50)54-8/h27-32,35-36H,1-2,9-24H2,3-8H3,(H,45,46)(H,47,48)/t27-,28-,29-,30+,31-,32-,35+,36+,41-,42-,43+,44+/m0/s1. The van der Waals surface area contributed by atoms with Crippen molar-refractivity contribution in [3.05, 3.63) is 24.3 Å². The average molecular weight is 817 g/mol. The van der Waals surface area contributed by atoms with Crippen molar-refractivity contribution in [1.29, 1.82) is 0 Å². The Hall–Kier alpha value is -3.78. The van der Waals surface area contributed by atoms with Crippen molar-refractivity contribution in [1.82, 2.24) is 0 Å². The molecule has 1 heterocycles. The molecular weight excluding hydrogens is 752 g/mol. The van der Waals surface area contributed by atoms with Crippen LogP contribution >= 0.6 is 0 Å². The molecule has 0 amide bonds. The first-order valence-corrected chi connectivity index (χ1v) is 20.8. The number of methoxy groups -OCH3 is 2. The quantitative estimate of drug-likeness (QED) is 0.166. The maximum Gasteiger partial charge on any atom is 0.336 e. The van der Waals surface area contributed by atoms with Crippen molar-refractivity contribution in [2.45, 2.75) is 117 Å². The molecule has 0 radical (unpaired) electrons. The maximum absolute atomic E-state index is 14.3. The van der Waals surface area contributed by atoms with E-state index in [-0.39, 0.29) is 50.1 Å². The molecule has 1 aliphatic heterocycles. The van der Waals surface area contributed by atoms with Gasteiger partial charge in [0.05, 0.1) is 53.5 Å². The second-order valence-corrected chi connectivity index (χ2v) is 18.8. The highest BCUT2D eigenvalue weighted by molar-refractivity contribution is 5.88. The topological polar surface area (TPSA) is 198 Å². The molecule has 12 atom stereocenters. The van der Waals surface area contributed by atoms with Gasteiger partial charge in [0.2, 0.25) is 0 Å². The van der Waals surface area contributed by atoms with Crippen LogP contribution in [-0.2, 0) is 57.2 Å². The van der Waals surface area contributed by atoms with Gasteiger partial charge in [-0.05, 0) is 74.0 Å². The lowest BCUT2D eigenvalue weighted by Gasteiger charge is -2.58.